The molecule has 2 rings (SSSR count). The van der Waals surface area contributed by atoms with Gasteiger partial charge in [0.05, 0.1) is 6.54 Å². The molecule has 0 spiro atoms. The van der Waals surface area contributed by atoms with Gasteiger partial charge in [-0.3, -0.25) is 4.79 Å². The Morgan fingerprint density at radius 2 is 1.91 bits per heavy atom. The molecule has 2 aromatic rings. The van der Waals surface area contributed by atoms with Gasteiger partial charge in [0.15, 0.2) is 11.3 Å². The molecule has 1 heterocycles. The fraction of sp³-hybridized carbons (Fsp3) is 0.200. The predicted octanol–water partition coefficient (Wildman–Crippen LogP) is 3.05. The lowest BCUT2D eigenvalue weighted by atomic mass is 10.3. The third-order valence-corrected chi connectivity index (χ3v) is 3.29. The Labute approximate surface area is 145 Å². The van der Waals surface area contributed by atoms with Gasteiger partial charge < -0.3 is 19.2 Å². The minimum absolute atomic E-state index is 0.0238. The van der Waals surface area contributed by atoms with Crippen LogP contribution < -0.4 is 10.1 Å². The number of carbonyl (C=O) groups excluding carboxylic acids is 2. The number of amides is 1. The molecule has 0 aliphatic rings. The first-order chi connectivity index (χ1) is 11.0. The van der Waals surface area contributed by atoms with Gasteiger partial charge in [-0.05, 0) is 52.3 Å². The highest BCUT2D eigenvalue weighted by Gasteiger charge is 2.13. The molecule has 1 amide bonds. The van der Waals surface area contributed by atoms with Gasteiger partial charge in [0.2, 0.25) is 5.76 Å². The number of hydrogen-bond acceptors (Lipinski definition) is 5. The zero-order valence-electron chi connectivity index (χ0n) is 11.9. The normalized spacial score (nSPS) is 10.2. The summed E-state index contributed by atoms with van der Waals surface area (Å²) in [5, 5.41) is 3.19. The smallest absolute Gasteiger partial charge is 0.374 e. The minimum atomic E-state index is -0.705. The summed E-state index contributed by atoms with van der Waals surface area (Å²) in [5.41, 5.74) is 0. The van der Waals surface area contributed by atoms with Gasteiger partial charge in [-0.1, -0.05) is 11.6 Å². The number of benzene rings is 1. The highest BCUT2D eigenvalue weighted by molar-refractivity contribution is 9.10. The Hall–Kier alpha value is -1.99. The Kier molecular flexibility index (Phi) is 6.49. The van der Waals surface area contributed by atoms with E-state index in [1.165, 1.54) is 6.07 Å². The Morgan fingerprint density at radius 1 is 1.17 bits per heavy atom. The van der Waals surface area contributed by atoms with Crippen LogP contribution in [0.1, 0.15) is 10.6 Å². The van der Waals surface area contributed by atoms with Crippen molar-refractivity contribution >= 4 is 39.4 Å². The molecular weight excluding hydrogens is 390 g/mol. The van der Waals surface area contributed by atoms with E-state index in [2.05, 4.69) is 21.2 Å². The van der Waals surface area contributed by atoms with E-state index in [1.54, 1.807) is 30.3 Å². The van der Waals surface area contributed by atoms with Crippen LogP contribution in [0.5, 0.6) is 5.75 Å². The molecule has 0 saturated carbocycles. The SMILES string of the molecule is O=C(COC(=O)c1ccc(Br)o1)NCCOc1ccc(Cl)cc1. The van der Waals surface area contributed by atoms with Gasteiger partial charge in [0.1, 0.15) is 12.4 Å². The fourth-order valence-corrected chi connectivity index (χ4v) is 2.00. The van der Waals surface area contributed by atoms with Crippen LogP contribution in [0.15, 0.2) is 45.5 Å². The summed E-state index contributed by atoms with van der Waals surface area (Å²) in [5.74, 6) is -0.457. The van der Waals surface area contributed by atoms with E-state index < -0.39 is 18.5 Å². The summed E-state index contributed by atoms with van der Waals surface area (Å²) >= 11 is 8.83. The van der Waals surface area contributed by atoms with Gasteiger partial charge in [0, 0.05) is 5.02 Å². The molecule has 0 unspecified atom stereocenters. The van der Waals surface area contributed by atoms with Crippen molar-refractivity contribution in [2.75, 3.05) is 19.8 Å². The van der Waals surface area contributed by atoms with Crippen LogP contribution in [0.3, 0.4) is 0 Å². The lowest BCUT2D eigenvalue weighted by Crippen LogP contribution is -2.32. The molecule has 0 aliphatic carbocycles. The van der Waals surface area contributed by atoms with Crippen molar-refractivity contribution in [1.29, 1.82) is 0 Å². The number of hydrogen-bond donors (Lipinski definition) is 1. The standard InChI is InChI=1S/C15H13BrClNO5/c16-13-6-5-12(23-13)15(20)22-9-14(19)18-7-8-21-11-3-1-10(17)2-4-11/h1-6H,7-9H2,(H,18,19). The van der Waals surface area contributed by atoms with Gasteiger partial charge in [-0.25, -0.2) is 4.79 Å². The molecule has 1 aromatic carbocycles. The second kappa shape index (κ2) is 8.59. The molecule has 0 fully saturated rings. The average molecular weight is 403 g/mol. The zero-order chi connectivity index (χ0) is 16.7. The molecule has 0 saturated heterocycles. The topological polar surface area (TPSA) is 77.8 Å². The summed E-state index contributed by atoms with van der Waals surface area (Å²) in [6.07, 6.45) is 0. The molecule has 0 atom stereocenters. The maximum atomic E-state index is 11.6. The molecule has 8 heteroatoms. The van der Waals surface area contributed by atoms with Crippen molar-refractivity contribution in [3.05, 3.63) is 51.9 Å². The molecule has 122 valence electrons. The summed E-state index contributed by atoms with van der Waals surface area (Å²) in [6, 6.07) is 9.89. The maximum Gasteiger partial charge on any atom is 0.374 e. The van der Waals surface area contributed by atoms with Crippen LogP contribution in [0.25, 0.3) is 0 Å². The second-order valence-corrected chi connectivity index (χ2v) is 5.55. The van der Waals surface area contributed by atoms with Crippen LogP contribution in [-0.4, -0.2) is 31.6 Å². The van der Waals surface area contributed by atoms with Crippen molar-refractivity contribution in [3.63, 3.8) is 0 Å². The van der Waals surface area contributed by atoms with E-state index in [4.69, 9.17) is 25.5 Å². The van der Waals surface area contributed by atoms with E-state index in [-0.39, 0.29) is 18.9 Å². The average Bonchev–Trinajstić information content (AvgIpc) is 2.97. The number of carbonyl (C=O) groups is 2. The third kappa shape index (κ3) is 5.96. The largest absolute Gasteiger partial charge is 0.492 e. The lowest BCUT2D eigenvalue weighted by molar-refractivity contribution is -0.124. The first kappa shape index (κ1) is 17.4. The molecule has 23 heavy (non-hydrogen) atoms. The van der Waals surface area contributed by atoms with E-state index >= 15 is 0 Å². The zero-order valence-corrected chi connectivity index (χ0v) is 14.2. The Bertz CT molecular complexity index is 671. The molecule has 6 nitrogen and oxygen atoms in total. The minimum Gasteiger partial charge on any atom is -0.492 e. The van der Waals surface area contributed by atoms with Crippen molar-refractivity contribution < 1.29 is 23.5 Å². The van der Waals surface area contributed by atoms with E-state index in [0.29, 0.717) is 15.4 Å². The van der Waals surface area contributed by atoms with Gasteiger partial charge in [-0.2, -0.15) is 0 Å². The summed E-state index contributed by atoms with van der Waals surface area (Å²) in [6.45, 7) is 0.176. The molecule has 0 aliphatic heterocycles. The van der Waals surface area contributed by atoms with Crippen molar-refractivity contribution in [1.82, 2.24) is 5.32 Å². The summed E-state index contributed by atoms with van der Waals surface area (Å²) in [7, 11) is 0. The Balaban J connectivity index is 1.61. The fourth-order valence-electron chi connectivity index (χ4n) is 1.57. The number of rotatable bonds is 7. The maximum absolute atomic E-state index is 11.6. The molecule has 0 bridgehead atoms. The molecule has 1 N–H and O–H groups in total. The predicted molar refractivity (Wildman–Crippen MR) is 86.6 cm³/mol. The van der Waals surface area contributed by atoms with Crippen molar-refractivity contribution in [2.45, 2.75) is 0 Å². The third-order valence-electron chi connectivity index (χ3n) is 2.62. The Morgan fingerprint density at radius 3 is 2.57 bits per heavy atom. The highest BCUT2D eigenvalue weighted by atomic mass is 79.9. The van der Waals surface area contributed by atoms with E-state index in [9.17, 15) is 9.59 Å². The monoisotopic (exact) mass is 401 g/mol. The second-order valence-electron chi connectivity index (χ2n) is 4.33. The number of ether oxygens (including phenoxy) is 2. The first-order valence-electron chi connectivity index (χ1n) is 6.62. The number of halogens is 2. The number of esters is 1. The van der Waals surface area contributed by atoms with Crippen LogP contribution in [0.2, 0.25) is 5.02 Å². The van der Waals surface area contributed by atoms with Crippen molar-refractivity contribution in [2.24, 2.45) is 0 Å². The molecule has 1 aromatic heterocycles. The van der Waals surface area contributed by atoms with E-state index in [1.807, 2.05) is 0 Å². The quantitative estimate of drug-likeness (QED) is 0.569. The highest BCUT2D eigenvalue weighted by Crippen LogP contribution is 2.15. The van der Waals surface area contributed by atoms with Crippen molar-refractivity contribution in [3.8, 4) is 5.75 Å². The lowest BCUT2D eigenvalue weighted by Gasteiger charge is -2.08. The molecular formula is C15H13BrClNO5. The van der Waals surface area contributed by atoms with Gasteiger partial charge in [0.25, 0.3) is 5.91 Å². The summed E-state index contributed by atoms with van der Waals surface area (Å²) in [4.78, 5) is 23.1. The van der Waals surface area contributed by atoms with Crippen LogP contribution in [-0.2, 0) is 9.53 Å². The van der Waals surface area contributed by atoms with Crippen LogP contribution >= 0.6 is 27.5 Å². The summed E-state index contributed by atoms with van der Waals surface area (Å²) < 4.78 is 15.6. The first-order valence-corrected chi connectivity index (χ1v) is 7.79. The van der Waals surface area contributed by atoms with Gasteiger partial charge in [-0.15, -0.1) is 0 Å². The van der Waals surface area contributed by atoms with E-state index in [0.717, 1.165) is 0 Å². The van der Waals surface area contributed by atoms with Crippen LogP contribution in [0.4, 0.5) is 0 Å². The molecule has 0 radical (unpaired) electrons. The number of nitrogens with one attached hydrogen (secondary N) is 1. The van der Waals surface area contributed by atoms with Crippen LogP contribution in [0, 0.1) is 0 Å². The number of furan rings is 1. The van der Waals surface area contributed by atoms with Gasteiger partial charge >= 0.3 is 5.97 Å².